The summed E-state index contributed by atoms with van der Waals surface area (Å²) in [5.74, 6) is 0.483. The van der Waals surface area contributed by atoms with Crippen molar-refractivity contribution in [3.8, 4) is 11.8 Å². The van der Waals surface area contributed by atoms with Crippen molar-refractivity contribution in [3.05, 3.63) is 39.2 Å². The summed E-state index contributed by atoms with van der Waals surface area (Å²) in [5.41, 5.74) is 6.15. The van der Waals surface area contributed by atoms with Crippen LogP contribution in [0.1, 0.15) is 0 Å². The maximum atomic E-state index is 5.95. The van der Waals surface area contributed by atoms with Gasteiger partial charge < -0.3 is 10.5 Å². The Labute approximate surface area is 111 Å². The van der Waals surface area contributed by atoms with E-state index in [0.29, 0.717) is 16.5 Å². The van der Waals surface area contributed by atoms with Gasteiger partial charge in [-0.3, -0.25) is 0 Å². The molecule has 0 spiro atoms. The van der Waals surface area contributed by atoms with E-state index in [1.54, 1.807) is 30.6 Å². The Bertz CT molecular complexity index is 504. The Morgan fingerprint density at radius 3 is 2.56 bits per heavy atom. The Balaban J connectivity index is 2.23. The number of nitrogen functional groups attached to an aromatic ring is 1. The molecule has 0 unspecified atom stereocenters. The van der Waals surface area contributed by atoms with Gasteiger partial charge in [-0.15, -0.1) is 0 Å². The summed E-state index contributed by atoms with van der Waals surface area (Å²) in [4.78, 5) is 8.01. The number of ether oxygens (including phenoxy) is 1. The molecule has 2 aromatic rings. The summed E-state index contributed by atoms with van der Waals surface area (Å²) in [6, 6.07) is 5.25. The number of rotatable bonds is 2. The SMILES string of the molecule is Nc1ccc(Oc2ncc(I)cn2)c(Cl)c1. The molecule has 4 nitrogen and oxygen atoms in total. The van der Waals surface area contributed by atoms with Crippen molar-refractivity contribution in [1.29, 1.82) is 0 Å². The fourth-order valence-electron chi connectivity index (χ4n) is 1.05. The standard InChI is InChI=1S/C10H7ClIN3O/c11-8-3-7(13)1-2-9(8)16-10-14-4-6(12)5-15-10/h1-5H,13H2. The molecule has 2 rings (SSSR count). The Morgan fingerprint density at radius 2 is 1.94 bits per heavy atom. The predicted octanol–water partition coefficient (Wildman–Crippen LogP) is 3.11. The number of benzene rings is 1. The lowest BCUT2D eigenvalue weighted by Crippen LogP contribution is -1.93. The Hall–Kier alpha value is -1.08. The normalized spacial score (nSPS) is 10.1. The Kier molecular flexibility index (Phi) is 3.45. The second-order valence-electron chi connectivity index (χ2n) is 2.98. The molecule has 0 fully saturated rings. The summed E-state index contributed by atoms with van der Waals surface area (Å²) in [7, 11) is 0. The molecule has 0 bridgehead atoms. The number of hydrogen-bond donors (Lipinski definition) is 1. The van der Waals surface area contributed by atoms with Gasteiger partial charge in [-0.05, 0) is 40.8 Å². The molecule has 82 valence electrons. The zero-order valence-electron chi connectivity index (χ0n) is 8.02. The summed E-state index contributed by atoms with van der Waals surface area (Å²) in [6.07, 6.45) is 3.32. The van der Waals surface area contributed by atoms with Gasteiger partial charge >= 0.3 is 6.01 Å². The molecule has 0 aliphatic carbocycles. The third-order valence-electron chi connectivity index (χ3n) is 1.75. The quantitative estimate of drug-likeness (QED) is 0.670. The van der Waals surface area contributed by atoms with Gasteiger partial charge in [0.05, 0.1) is 5.02 Å². The topological polar surface area (TPSA) is 61.0 Å². The first kappa shape index (κ1) is 11.4. The van der Waals surface area contributed by atoms with Crippen molar-refractivity contribution < 1.29 is 4.74 Å². The maximum absolute atomic E-state index is 5.95. The average Bonchev–Trinajstić information content (AvgIpc) is 2.25. The molecule has 1 aromatic carbocycles. The van der Waals surface area contributed by atoms with Crippen LogP contribution in [0.5, 0.6) is 11.8 Å². The molecule has 0 saturated heterocycles. The molecule has 16 heavy (non-hydrogen) atoms. The minimum atomic E-state index is 0.257. The zero-order valence-corrected chi connectivity index (χ0v) is 10.9. The van der Waals surface area contributed by atoms with Crippen molar-refractivity contribution in [3.63, 3.8) is 0 Å². The highest BCUT2D eigenvalue weighted by atomic mass is 127. The molecule has 0 aliphatic heterocycles. The van der Waals surface area contributed by atoms with Crippen LogP contribution >= 0.6 is 34.2 Å². The van der Waals surface area contributed by atoms with Crippen LogP contribution in [0.25, 0.3) is 0 Å². The summed E-state index contributed by atoms with van der Waals surface area (Å²) < 4.78 is 6.34. The van der Waals surface area contributed by atoms with Crippen LogP contribution in [0.2, 0.25) is 5.02 Å². The highest BCUT2D eigenvalue weighted by Gasteiger charge is 2.05. The minimum Gasteiger partial charge on any atom is -0.423 e. The second-order valence-corrected chi connectivity index (χ2v) is 4.63. The van der Waals surface area contributed by atoms with E-state index in [0.717, 1.165) is 3.57 Å². The molecular formula is C10H7ClIN3O. The summed E-state index contributed by atoms with van der Waals surface area (Å²) >= 11 is 8.06. The van der Waals surface area contributed by atoms with Gasteiger partial charge in [0.25, 0.3) is 0 Å². The molecule has 1 heterocycles. The van der Waals surface area contributed by atoms with Crippen molar-refractivity contribution in [2.75, 3.05) is 5.73 Å². The number of hydrogen-bond acceptors (Lipinski definition) is 4. The van der Waals surface area contributed by atoms with Crippen LogP contribution in [-0.2, 0) is 0 Å². The van der Waals surface area contributed by atoms with E-state index < -0.39 is 0 Å². The third kappa shape index (κ3) is 2.73. The van der Waals surface area contributed by atoms with Crippen molar-refractivity contribution >= 4 is 39.9 Å². The van der Waals surface area contributed by atoms with E-state index in [1.165, 1.54) is 0 Å². The molecule has 0 radical (unpaired) electrons. The largest absolute Gasteiger partial charge is 0.423 e. The fourth-order valence-corrected chi connectivity index (χ4v) is 1.56. The molecule has 0 aliphatic rings. The van der Waals surface area contributed by atoms with Crippen molar-refractivity contribution in [2.45, 2.75) is 0 Å². The lowest BCUT2D eigenvalue weighted by Gasteiger charge is -2.05. The van der Waals surface area contributed by atoms with Crippen LogP contribution in [0.3, 0.4) is 0 Å². The van der Waals surface area contributed by atoms with Crippen molar-refractivity contribution in [1.82, 2.24) is 9.97 Å². The van der Waals surface area contributed by atoms with Gasteiger partial charge in [0.1, 0.15) is 5.75 Å². The lowest BCUT2D eigenvalue weighted by atomic mass is 10.3. The van der Waals surface area contributed by atoms with E-state index >= 15 is 0 Å². The van der Waals surface area contributed by atoms with Gasteiger partial charge in [-0.25, -0.2) is 9.97 Å². The van der Waals surface area contributed by atoms with Crippen LogP contribution in [0, 0.1) is 3.57 Å². The van der Waals surface area contributed by atoms with Gasteiger partial charge in [-0.1, -0.05) is 11.6 Å². The predicted molar refractivity (Wildman–Crippen MR) is 70.7 cm³/mol. The van der Waals surface area contributed by atoms with E-state index in [9.17, 15) is 0 Å². The molecule has 0 amide bonds. The van der Waals surface area contributed by atoms with E-state index in [1.807, 2.05) is 0 Å². The van der Waals surface area contributed by atoms with Crippen LogP contribution in [0.4, 0.5) is 5.69 Å². The molecule has 0 saturated carbocycles. The van der Waals surface area contributed by atoms with Gasteiger partial charge in [0.2, 0.25) is 0 Å². The minimum absolute atomic E-state index is 0.257. The van der Waals surface area contributed by atoms with E-state index in [4.69, 9.17) is 22.1 Å². The number of nitrogens with zero attached hydrogens (tertiary/aromatic N) is 2. The van der Waals surface area contributed by atoms with Crippen molar-refractivity contribution in [2.24, 2.45) is 0 Å². The first-order valence-electron chi connectivity index (χ1n) is 4.35. The first-order chi connectivity index (χ1) is 7.65. The highest BCUT2D eigenvalue weighted by Crippen LogP contribution is 2.29. The zero-order chi connectivity index (χ0) is 11.5. The van der Waals surface area contributed by atoms with Gasteiger partial charge in [0.15, 0.2) is 0 Å². The van der Waals surface area contributed by atoms with Crippen LogP contribution < -0.4 is 10.5 Å². The summed E-state index contributed by atoms with van der Waals surface area (Å²) in [5, 5.41) is 0.433. The van der Waals surface area contributed by atoms with Gasteiger partial charge in [0, 0.05) is 21.7 Å². The van der Waals surface area contributed by atoms with Crippen LogP contribution in [-0.4, -0.2) is 9.97 Å². The smallest absolute Gasteiger partial charge is 0.321 e. The van der Waals surface area contributed by atoms with E-state index in [2.05, 4.69) is 32.6 Å². The summed E-state index contributed by atoms with van der Waals surface area (Å²) in [6.45, 7) is 0. The molecular weight excluding hydrogens is 340 g/mol. The molecule has 0 atom stereocenters. The molecule has 1 aromatic heterocycles. The third-order valence-corrected chi connectivity index (χ3v) is 2.61. The number of nitrogens with two attached hydrogens (primary N) is 1. The lowest BCUT2D eigenvalue weighted by molar-refractivity contribution is 0.441. The molecule has 6 heteroatoms. The van der Waals surface area contributed by atoms with Gasteiger partial charge in [-0.2, -0.15) is 0 Å². The monoisotopic (exact) mass is 347 g/mol. The second kappa shape index (κ2) is 4.84. The van der Waals surface area contributed by atoms with Crippen LogP contribution in [0.15, 0.2) is 30.6 Å². The number of aromatic nitrogens is 2. The number of anilines is 1. The first-order valence-corrected chi connectivity index (χ1v) is 5.81. The molecule has 2 N–H and O–H groups in total. The number of halogens is 2. The average molecular weight is 348 g/mol. The Morgan fingerprint density at radius 1 is 1.25 bits per heavy atom. The fraction of sp³-hybridized carbons (Fsp3) is 0. The highest BCUT2D eigenvalue weighted by molar-refractivity contribution is 14.1. The maximum Gasteiger partial charge on any atom is 0.321 e. The van der Waals surface area contributed by atoms with E-state index in [-0.39, 0.29) is 6.01 Å².